The molecule has 0 spiro atoms. The van der Waals surface area contributed by atoms with Crippen LogP contribution in [0.1, 0.15) is 12.1 Å². The van der Waals surface area contributed by atoms with Crippen molar-refractivity contribution >= 4 is 34.5 Å². The zero-order valence-electron chi connectivity index (χ0n) is 14.9. The summed E-state index contributed by atoms with van der Waals surface area (Å²) in [7, 11) is 1.97. The molecule has 1 fully saturated rings. The van der Waals surface area contributed by atoms with Crippen LogP contribution in [0, 0.1) is 0 Å². The van der Waals surface area contributed by atoms with Crippen LogP contribution in [0.15, 0.2) is 54.0 Å². The molecule has 1 saturated heterocycles. The second-order valence-corrected chi connectivity index (χ2v) is 7.79. The number of thiazole rings is 1. The highest BCUT2D eigenvalue weighted by molar-refractivity contribution is 7.13. The van der Waals surface area contributed by atoms with Gasteiger partial charge >= 0.3 is 0 Å². The molecule has 138 valence electrons. The Morgan fingerprint density at radius 1 is 1.26 bits per heavy atom. The first-order valence-electron chi connectivity index (χ1n) is 8.75. The Labute approximate surface area is 167 Å². The molecule has 0 saturated carbocycles. The molecule has 7 heteroatoms. The van der Waals surface area contributed by atoms with Crippen LogP contribution in [-0.2, 0) is 11.3 Å². The largest absolute Gasteiger partial charge is 0.310 e. The maximum atomic E-state index is 12.9. The quantitative estimate of drug-likeness (QED) is 0.649. The lowest BCUT2D eigenvalue weighted by atomic mass is 10.2. The van der Waals surface area contributed by atoms with Crippen LogP contribution in [0.4, 0.5) is 5.69 Å². The van der Waals surface area contributed by atoms with Crippen LogP contribution in [0.25, 0.3) is 10.7 Å². The Hall–Kier alpha value is -2.28. The van der Waals surface area contributed by atoms with Gasteiger partial charge < -0.3 is 4.90 Å². The maximum Gasteiger partial charge on any atom is 0.244 e. The number of benzene rings is 1. The SMILES string of the molecule is CN(Cc1csc(-c2ccccn2)n1)C1CCN(c2ccccc2Cl)C1=O. The van der Waals surface area contributed by atoms with Crippen LogP contribution >= 0.6 is 22.9 Å². The van der Waals surface area contributed by atoms with E-state index in [1.807, 2.05) is 54.9 Å². The van der Waals surface area contributed by atoms with Gasteiger partial charge in [-0.15, -0.1) is 11.3 Å². The van der Waals surface area contributed by atoms with E-state index in [9.17, 15) is 4.79 Å². The number of anilines is 1. The number of halogens is 1. The number of aromatic nitrogens is 2. The van der Waals surface area contributed by atoms with Gasteiger partial charge in [0.25, 0.3) is 0 Å². The highest BCUT2D eigenvalue weighted by Crippen LogP contribution is 2.31. The lowest BCUT2D eigenvalue weighted by Gasteiger charge is -2.23. The number of carbonyl (C=O) groups is 1. The Bertz CT molecular complexity index is 946. The molecule has 0 radical (unpaired) electrons. The molecule has 1 aliphatic rings. The summed E-state index contributed by atoms with van der Waals surface area (Å²) in [6.07, 6.45) is 2.54. The normalized spacial score (nSPS) is 17.1. The summed E-state index contributed by atoms with van der Waals surface area (Å²) in [5, 5.41) is 3.54. The molecule has 0 bridgehead atoms. The third-order valence-electron chi connectivity index (χ3n) is 4.70. The fourth-order valence-corrected chi connectivity index (χ4v) is 4.36. The fourth-order valence-electron chi connectivity index (χ4n) is 3.34. The summed E-state index contributed by atoms with van der Waals surface area (Å²) in [6, 6.07) is 13.1. The molecule has 2 aromatic heterocycles. The number of amides is 1. The van der Waals surface area contributed by atoms with Crippen molar-refractivity contribution in [1.82, 2.24) is 14.9 Å². The van der Waals surface area contributed by atoms with Crippen molar-refractivity contribution in [2.45, 2.75) is 19.0 Å². The summed E-state index contributed by atoms with van der Waals surface area (Å²) in [4.78, 5) is 25.8. The third-order valence-corrected chi connectivity index (χ3v) is 5.93. The number of hydrogen-bond acceptors (Lipinski definition) is 5. The van der Waals surface area contributed by atoms with Gasteiger partial charge in [-0.05, 0) is 37.7 Å². The van der Waals surface area contributed by atoms with E-state index in [2.05, 4.69) is 14.9 Å². The minimum Gasteiger partial charge on any atom is -0.310 e. The van der Waals surface area contributed by atoms with E-state index in [1.165, 1.54) is 0 Å². The van der Waals surface area contributed by atoms with E-state index >= 15 is 0 Å². The van der Waals surface area contributed by atoms with Crippen molar-refractivity contribution in [3.63, 3.8) is 0 Å². The Balaban J connectivity index is 1.45. The molecule has 27 heavy (non-hydrogen) atoms. The zero-order chi connectivity index (χ0) is 18.8. The van der Waals surface area contributed by atoms with E-state index in [0.29, 0.717) is 18.1 Å². The smallest absolute Gasteiger partial charge is 0.244 e. The molecule has 1 aromatic carbocycles. The van der Waals surface area contributed by atoms with Crippen molar-refractivity contribution in [1.29, 1.82) is 0 Å². The number of para-hydroxylation sites is 1. The van der Waals surface area contributed by atoms with Crippen LogP contribution in [0.2, 0.25) is 5.02 Å². The van der Waals surface area contributed by atoms with Gasteiger partial charge in [-0.1, -0.05) is 29.8 Å². The molecule has 5 nitrogen and oxygen atoms in total. The van der Waals surface area contributed by atoms with E-state index in [1.54, 1.807) is 22.4 Å². The van der Waals surface area contributed by atoms with E-state index < -0.39 is 0 Å². The average molecular weight is 399 g/mol. The topological polar surface area (TPSA) is 49.3 Å². The molecule has 1 amide bonds. The fraction of sp³-hybridized carbons (Fsp3) is 0.250. The molecule has 1 unspecified atom stereocenters. The molecule has 3 aromatic rings. The third kappa shape index (κ3) is 3.74. The van der Waals surface area contributed by atoms with Gasteiger partial charge in [0, 0.05) is 24.7 Å². The first-order chi connectivity index (χ1) is 13.1. The molecule has 1 atom stereocenters. The predicted octanol–water partition coefficient (Wildman–Crippen LogP) is 4.10. The lowest BCUT2D eigenvalue weighted by Crippen LogP contribution is -2.39. The zero-order valence-corrected chi connectivity index (χ0v) is 16.5. The Morgan fingerprint density at radius 3 is 2.85 bits per heavy atom. The number of pyridine rings is 1. The van der Waals surface area contributed by atoms with Gasteiger partial charge in [-0.2, -0.15) is 0 Å². The molecular formula is C20H19ClN4OS. The molecular weight excluding hydrogens is 380 g/mol. The van der Waals surface area contributed by atoms with Crippen molar-refractivity contribution in [3.8, 4) is 10.7 Å². The summed E-state index contributed by atoms with van der Waals surface area (Å²) in [5.41, 5.74) is 2.61. The van der Waals surface area contributed by atoms with Crippen molar-refractivity contribution < 1.29 is 4.79 Å². The average Bonchev–Trinajstić information content (AvgIpc) is 3.30. The standard InChI is InChI=1S/C20H19ClN4OS/c1-24(12-14-13-27-19(23-14)16-7-4-5-10-22-16)18-9-11-25(20(18)26)17-8-3-2-6-15(17)21/h2-8,10,13,18H,9,11-12H2,1H3. The highest BCUT2D eigenvalue weighted by atomic mass is 35.5. The molecule has 3 heterocycles. The van der Waals surface area contributed by atoms with Gasteiger partial charge in [-0.25, -0.2) is 4.98 Å². The highest BCUT2D eigenvalue weighted by Gasteiger charge is 2.36. The Morgan fingerprint density at radius 2 is 2.07 bits per heavy atom. The summed E-state index contributed by atoms with van der Waals surface area (Å²) in [6.45, 7) is 1.30. The first kappa shape index (κ1) is 18.1. The van der Waals surface area contributed by atoms with Gasteiger partial charge in [0.05, 0.1) is 28.1 Å². The van der Waals surface area contributed by atoms with Crippen LogP contribution in [0.5, 0.6) is 0 Å². The van der Waals surface area contributed by atoms with Crippen molar-refractivity contribution in [3.05, 3.63) is 64.8 Å². The predicted molar refractivity (Wildman–Crippen MR) is 109 cm³/mol. The van der Waals surface area contributed by atoms with Crippen LogP contribution < -0.4 is 4.90 Å². The first-order valence-corrected chi connectivity index (χ1v) is 10.0. The minimum absolute atomic E-state index is 0.0887. The van der Waals surface area contributed by atoms with E-state index in [0.717, 1.165) is 28.5 Å². The monoisotopic (exact) mass is 398 g/mol. The second kappa shape index (κ2) is 7.76. The van der Waals surface area contributed by atoms with Gasteiger partial charge in [0.1, 0.15) is 5.01 Å². The molecule has 0 aliphatic carbocycles. The molecule has 4 rings (SSSR count). The van der Waals surface area contributed by atoms with E-state index in [-0.39, 0.29) is 11.9 Å². The summed E-state index contributed by atoms with van der Waals surface area (Å²) < 4.78 is 0. The molecule has 1 aliphatic heterocycles. The lowest BCUT2D eigenvalue weighted by molar-refractivity contribution is -0.121. The molecule has 0 N–H and O–H groups in total. The van der Waals surface area contributed by atoms with Crippen molar-refractivity contribution in [2.24, 2.45) is 0 Å². The number of likely N-dealkylation sites (N-methyl/N-ethyl adjacent to an activating group) is 1. The number of hydrogen-bond donors (Lipinski definition) is 0. The van der Waals surface area contributed by atoms with Gasteiger partial charge in [-0.3, -0.25) is 14.7 Å². The van der Waals surface area contributed by atoms with Crippen LogP contribution in [0.3, 0.4) is 0 Å². The van der Waals surface area contributed by atoms with Gasteiger partial charge in [0.15, 0.2) is 0 Å². The van der Waals surface area contributed by atoms with Crippen molar-refractivity contribution in [2.75, 3.05) is 18.5 Å². The van der Waals surface area contributed by atoms with Gasteiger partial charge in [0.2, 0.25) is 5.91 Å². The number of carbonyl (C=O) groups excluding carboxylic acids is 1. The number of rotatable bonds is 5. The summed E-state index contributed by atoms with van der Waals surface area (Å²) in [5.74, 6) is 0.0887. The maximum absolute atomic E-state index is 12.9. The minimum atomic E-state index is -0.165. The van der Waals surface area contributed by atoms with E-state index in [4.69, 9.17) is 11.6 Å². The summed E-state index contributed by atoms with van der Waals surface area (Å²) >= 11 is 7.84. The van der Waals surface area contributed by atoms with Crippen LogP contribution in [-0.4, -0.2) is 40.4 Å². The second-order valence-electron chi connectivity index (χ2n) is 6.52. The number of nitrogens with zero attached hydrogens (tertiary/aromatic N) is 4. The Kier molecular flexibility index (Phi) is 5.20.